The minimum atomic E-state index is -3.50. The van der Waals surface area contributed by atoms with Gasteiger partial charge in [0.2, 0.25) is 15.9 Å². The van der Waals surface area contributed by atoms with Gasteiger partial charge < -0.3 is 10.2 Å². The predicted octanol–water partition coefficient (Wildman–Crippen LogP) is 4.48. The highest BCUT2D eigenvalue weighted by Crippen LogP contribution is 2.37. The van der Waals surface area contributed by atoms with Gasteiger partial charge in [-0.2, -0.15) is 0 Å². The van der Waals surface area contributed by atoms with E-state index in [2.05, 4.69) is 10.0 Å². The van der Waals surface area contributed by atoms with Crippen LogP contribution >= 0.6 is 0 Å². The number of hydrogen-bond donors (Lipinski definition) is 2. The van der Waals surface area contributed by atoms with Crippen LogP contribution in [0, 0.1) is 26.2 Å². The molecule has 2 N–H and O–H groups in total. The first-order valence-corrected chi connectivity index (χ1v) is 13.4. The third-order valence-electron chi connectivity index (χ3n) is 6.76. The average Bonchev–Trinajstić information content (AvgIpc) is 2.77. The number of amides is 2. The van der Waals surface area contributed by atoms with E-state index in [0.29, 0.717) is 36.3 Å². The van der Waals surface area contributed by atoms with Gasteiger partial charge in [0, 0.05) is 17.6 Å². The van der Waals surface area contributed by atoms with Crippen LogP contribution in [0.4, 0.5) is 11.4 Å². The SMILES string of the molecule is CCC(C)(C)C(=O)N1CCc2ccccc2C1C(=O)Nc1c(C)cc(C)c(NS(C)(=O)=O)c1C. The summed E-state index contributed by atoms with van der Waals surface area (Å²) in [4.78, 5) is 29.0. The van der Waals surface area contributed by atoms with E-state index in [-0.39, 0.29) is 11.8 Å². The fourth-order valence-electron chi connectivity index (χ4n) is 4.52. The van der Waals surface area contributed by atoms with Crippen LogP contribution in [-0.2, 0) is 26.0 Å². The van der Waals surface area contributed by atoms with Crippen LogP contribution < -0.4 is 10.0 Å². The highest BCUT2D eigenvalue weighted by atomic mass is 32.2. The van der Waals surface area contributed by atoms with Gasteiger partial charge in [0.15, 0.2) is 0 Å². The molecule has 0 spiro atoms. The van der Waals surface area contributed by atoms with Crippen LogP contribution in [0.15, 0.2) is 30.3 Å². The highest BCUT2D eigenvalue weighted by Gasteiger charge is 2.41. The van der Waals surface area contributed by atoms with Gasteiger partial charge in [-0.05, 0) is 61.4 Å². The first-order valence-electron chi connectivity index (χ1n) is 11.5. The lowest BCUT2D eigenvalue weighted by molar-refractivity contribution is -0.147. The van der Waals surface area contributed by atoms with E-state index in [0.717, 1.165) is 28.5 Å². The molecule has 0 fully saturated rings. The van der Waals surface area contributed by atoms with Crippen LogP contribution in [0.25, 0.3) is 0 Å². The molecule has 0 saturated heterocycles. The lowest BCUT2D eigenvalue weighted by Crippen LogP contribution is -2.49. The third-order valence-corrected chi connectivity index (χ3v) is 7.34. The summed E-state index contributed by atoms with van der Waals surface area (Å²) in [7, 11) is -3.50. The van der Waals surface area contributed by atoms with Crippen molar-refractivity contribution in [2.24, 2.45) is 5.41 Å². The van der Waals surface area contributed by atoms with Crippen LogP contribution in [0.2, 0.25) is 0 Å². The van der Waals surface area contributed by atoms with Gasteiger partial charge in [0.05, 0.1) is 11.9 Å². The minimum absolute atomic E-state index is 0.0542. The van der Waals surface area contributed by atoms with Crippen molar-refractivity contribution in [1.82, 2.24) is 4.90 Å². The summed E-state index contributed by atoms with van der Waals surface area (Å²) in [6.07, 6.45) is 2.45. The Morgan fingerprint density at radius 3 is 2.32 bits per heavy atom. The van der Waals surface area contributed by atoms with Crippen molar-refractivity contribution >= 4 is 33.2 Å². The van der Waals surface area contributed by atoms with Gasteiger partial charge >= 0.3 is 0 Å². The first-order chi connectivity index (χ1) is 15.8. The van der Waals surface area contributed by atoms with Gasteiger partial charge in [-0.25, -0.2) is 8.42 Å². The zero-order valence-corrected chi connectivity index (χ0v) is 21.9. The number of nitrogens with one attached hydrogen (secondary N) is 2. The van der Waals surface area contributed by atoms with Crippen molar-refractivity contribution in [3.05, 3.63) is 58.1 Å². The van der Waals surface area contributed by atoms with E-state index in [9.17, 15) is 18.0 Å². The molecule has 2 aromatic carbocycles. The monoisotopic (exact) mass is 485 g/mol. The summed E-state index contributed by atoms with van der Waals surface area (Å²) in [5.74, 6) is -0.366. The molecule has 1 aliphatic rings. The van der Waals surface area contributed by atoms with E-state index < -0.39 is 21.5 Å². The van der Waals surface area contributed by atoms with Crippen molar-refractivity contribution in [3.8, 4) is 0 Å². The van der Waals surface area contributed by atoms with Gasteiger partial charge in [0.25, 0.3) is 5.91 Å². The van der Waals surface area contributed by atoms with Gasteiger partial charge in [-0.15, -0.1) is 0 Å². The molecule has 1 heterocycles. The van der Waals surface area contributed by atoms with E-state index in [1.165, 1.54) is 0 Å². The smallest absolute Gasteiger partial charge is 0.251 e. The second-order valence-corrected chi connectivity index (χ2v) is 11.6. The van der Waals surface area contributed by atoms with Crippen molar-refractivity contribution in [2.45, 2.75) is 60.4 Å². The molecule has 1 unspecified atom stereocenters. The summed E-state index contributed by atoms with van der Waals surface area (Å²) in [6, 6.07) is 8.80. The molecule has 0 aliphatic carbocycles. The number of aryl methyl sites for hydroxylation is 2. The van der Waals surface area contributed by atoms with Crippen molar-refractivity contribution in [1.29, 1.82) is 0 Å². The topological polar surface area (TPSA) is 95.6 Å². The molecular weight excluding hydrogens is 450 g/mol. The largest absolute Gasteiger partial charge is 0.326 e. The van der Waals surface area contributed by atoms with E-state index in [1.54, 1.807) is 11.8 Å². The molecule has 1 atom stereocenters. The first kappa shape index (κ1) is 25.7. The molecular formula is C26H35N3O4S. The second kappa shape index (κ2) is 9.41. The summed E-state index contributed by atoms with van der Waals surface area (Å²) < 4.78 is 26.4. The number of carbonyl (C=O) groups excluding carboxylic acids is 2. The Labute approximate surface area is 203 Å². The van der Waals surface area contributed by atoms with Crippen molar-refractivity contribution in [2.75, 3.05) is 22.8 Å². The summed E-state index contributed by atoms with van der Waals surface area (Å²) in [5, 5.41) is 3.03. The molecule has 0 aromatic heterocycles. The molecule has 184 valence electrons. The zero-order valence-electron chi connectivity index (χ0n) is 21.1. The fraction of sp³-hybridized carbons (Fsp3) is 0.462. The Kier molecular flexibility index (Phi) is 7.12. The maximum atomic E-state index is 13.8. The Morgan fingerprint density at radius 1 is 1.09 bits per heavy atom. The molecule has 2 amide bonds. The Hall–Kier alpha value is -2.87. The maximum Gasteiger partial charge on any atom is 0.251 e. The molecule has 34 heavy (non-hydrogen) atoms. The van der Waals surface area contributed by atoms with E-state index in [1.807, 2.05) is 65.0 Å². The van der Waals surface area contributed by atoms with E-state index >= 15 is 0 Å². The predicted molar refractivity (Wildman–Crippen MR) is 136 cm³/mol. The van der Waals surface area contributed by atoms with Crippen LogP contribution in [-0.4, -0.2) is 37.9 Å². The van der Waals surface area contributed by atoms with Crippen molar-refractivity contribution < 1.29 is 18.0 Å². The van der Waals surface area contributed by atoms with Gasteiger partial charge in [-0.3, -0.25) is 14.3 Å². The number of rotatable bonds is 6. The zero-order chi connectivity index (χ0) is 25.4. The van der Waals surface area contributed by atoms with E-state index in [4.69, 9.17) is 0 Å². The Morgan fingerprint density at radius 2 is 1.71 bits per heavy atom. The number of hydrogen-bond acceptors (Lipinski definition) is 4. The van der Waals surface area contributed by atoms with Crippen LogP contribution in [0.3, 0.4) is 0 Å². The second-order valence-electron chi connectivity index (χ2n) is 9.84. The van der Waals surface area contributed by atoms with Crippen molar-refractivity contribution in [3.63, 3.8) is 0 Å². The molecule has 0 bridgehead atoms. The fourth-order valence-corrected chi connectivity index (χ4v) is 5.20. The standard InChI is InChI=1S/C26H35N3O4S/c1-8-26(5,6)25(31)29-14-13-19-11-9-10-12-20(19)23(29)24(30)27-21-16(2)15-17(3)22(18(21)4)28-34(7,32)33/h9-12,15,23,28H,8,13-14H2,1-7H3,(H,27,30). The quantitative estimate of drug-likeness (QED) is 0.630. The number of anilines is 2. The molecule has 3 rings (SSSR count). The van der Waals surface area contributed by atoms with Crippen LogP contribution in [0.1, 0.15) is 61.1 Å². The molecule has 0 saturated carbocycles. The Balaban J connectivity index is 2.06. The summed E-state index contributed by atoms with van der Waals surface area (Å²) in [5.41, 5.74) is 4.50. The number of fused-ring (bicyclic) bond motifs is 1. The number of sulfonamides is 1. The normalized spacial score (nSPS) is 16.1. The molecule has 1 aliphatic heterocycles. The maximum absolute atomic E-state index is 13.8. The average molecular weight is 486 g/mol. The summed E-state index contributed by atoms with van der Waals surface area (Å²) in [6.45, 7) is 11.7. The minimum Gasteiger partial charge on any atom is -0.326 e. The lowest BCUT2D eigenvalue weighted by atomic mass is 9.85. The number of carbonyl (C=O) groups is 2. The van der Waals surface area contributed by atoms with Gasteiger partial charge in [0.1, 0.15) is 6.04 Å². The Bertz CT molecular complexity index is 1230. The number of benzene rings is 2. The third kappa shape index (κ3) is 5.12. The summed E-state index contributed by atoms with van der Waals surface area (Å²) >= 11 is 0. The van der Waals surface area contributed by atoms with Crippen LogP contribution in [0.5, 0.6) is 0 Å². The molecule has 2 aromatic rings. The number of nitrogens with zero attached hydrogens (tertiary/aromatic N) is 1. The molecule has 7 nitrogen and oxygen atoms in total. The molecule has 8 heteroatoms. The highest BCUT2D eigenvalue weighted by molar-refractivity contribution is 7.92. The molecule has 0 radical (unpaired) electrons. The van der Waals surface area contributed by atoms with Gasteiger partial charge in [-0.1, -0.05) is 51.1 Å². The lowest BCUT2D eigenvalue weighted by Gasteiger charge is -2.40.